The fourth-order valence-electron chi connectivity index (χ4n) is 4.12. The third-order valence-electron chi connectivity index (χ3n) is 5.86. The molecule has 1 heterocycles. The summed E-state index contributed by atoms with van der Waals surface area (Å²) >= 11 is 0. The van der Waals surface area contributed by atoms with Crippen LogP contribution in [0.25, 0.3) is 0 Å². The first-order chi connectivity index (χ1) is 18.5. The predicted molar refractivity (Wildman–Crippen MR) is 139 cm³/mol. The van der Waals surface area contributed by atoms with Crippen LogP contribution in [0, 0.1) is 5.82 Å². The minimum atomic E-state index is -4.35. The van der Waals surface area contributed by atoms with Gasteiger partial charge in [0.2, 0.25) is 21.8 Å². The molecular weight excluding hydrogens is 529 g/mol. The molecule has 3 aromatic carbocycles. The highest BCUT2D eigenvalue weighted by atomic mass is 32.2. The first kappa shape index (κ1) is 27.6. The Morgan fingerprint density at radius 2 is 1.59 bits per heavy atom. The first-order valence-corrected chi connectivity index (χ1v) is 13.2. The second-order valence-electron chi connectivity index (χ2n) is 8.76. The van der Waals surface area contributed by atoms with Gasteiger partial charge in [0.25, 0.3) is 5.91 Å². The van der Waals surface area contributed by atoms with Crippen molar-refractivity contribution in [3.8, 4) is 5.75 Å². The molecular formula is C27H24FN3O7S. The van der Waals surface area contributed by atoms with Crippen LogP contribution < -0.4 is 15.0 Å². The van der Waals surface area contributed by atoms with E-state index in [4.69, 9.17) is 4.74 Å². The van der Waals surface area contributed by atoms with Gasteiger partial charge in [0.15, 0.2) is 0 Å². The average Bonchev–Trinajstić information content (AvgIpc) is 3.17. The van der Waals surface area contributed by atoms with Crippen molar-refractivity contribution in [2.45, 2.75) is 37.8 Å². The lowest BCUT2D eigenvalue weighted by atomic mass is 10.2. The SMILES string of the molecule is CC(=O)Nc1ccc(S(=O)(=O)N(Cc2ccc(F)cc2)C2CC(=O)N(c3ccc(OC(C)=O)cc3)C2=O)cc1. The molecule has 0 spiro atoms. The normalized spacial score (nSPS) is 15.5. The smallest absolute Gasteiger partial charge is 0.308 e. The lowest BCUT2D eigenvalue weighted by molar-refractivity contribution is -0.132. The summed E-state index contributed by atoms with van der Waals surface area (Å²) in [6, 6.07) is 14.8. The number of imide groups is 1. The van der Waals surface area contributed by atoms with Gasteiger partial charge >= 0.3 is 5.97 Å². The molecule has 1 fully saturated rings. The monoisotopic (exact) mass is 553 g/mol. The molecule has 1 aliphatic heterocycles. The molecule has 1 aliphatic rings. The van der Waals surface area contributed by atoms with Crippen LogP contribution in [0.5, 0.6) is 5.75 Å². The van der Waals surface area contributed by atoms with E-state index in [-0.39, 0.29) is 28.8 Å². The van der Waals surface area contributed by atoms with Crippen LogP contribution in [-0.2, 0) is 35.7 Å². The Morgan fingerprint density at radius 3 is 2.15 bits per heavy atom. The van der Waals surface area contributed by atoms with Crippen LogP contribution in [0.2, 0.25) is 0 Å². The minimum Gasteiger partial charge on any atom is -0.427 e. The zero-order valence-corrected chi connectivity index (χ0v) is 21.8. The molecule has 0 bridgehead atoms. The summed E-state index contributed by atoms with van der Waals surface area (Å²) in [6.07, 6.45) is -0.422. The standard InChI is InChI=1S/C27H24FN3O7S/c1-17(32)29-21-7-13-24(14-8-21)39(36,37)30(16-19-3-5-20(28)6-4-19)25-15-26(34)31(27(25)35)22-9-11-23(12-10-22)38-18(2)33/h3-14,25H,15-16H2,1-2H3,(H,29,32). The molecule has 1 saturated heterocycles. The lowest BCUT2D eigenvalue weighted by Gasteiger charge is -2.27. The van der Waals surface area contributed by atoms with E-state index in [0.717, 1.165) is 9.21 Å². The quantitative estimate of drug-likeness (QED) is 0.258. The maximum absolute atomic E-state index is 13.8. The topological polar surface area (TPSA) is 130 Å². The summed E-state index contributed by atoms with van der Waals surface area (Å²) < 4.78 is 47.0. The summed E-state index contributed by atoms with van der Waals surface area (Å²) in [4.78, 5) is 49.7. The minimum absolute atomic E-state index is 0.164. The maximum Gasteiger partial charge on any atom is 0.308 e. The lowest BCUT2D eigenvalue weighted by Crippen LogP contribution is -2.45. The van der Waals surface area contributed by atoms with Crippen molar-refractivity contribution in [2.24, 2.45) is 0 Å². The number of nitrogens with one attached hydrogen (secondary N) is 1. The van der Waals surface area contributed by atoms with Gasteiger partial charge < -0.3 is 10.1 Å². The fraction of sp³-hybridized carbons (Fsp3) is 0.185. The molecule has 10 nitrogen and oxygen atoms in total. The van der Waals surface area contributed by atoms with E-state index in [1.165, 1.54) is 86.6 Å². The summed E-state index contributed by atoms with van der Waals surface area (Å²) in [6.45, 7) is 2.24. The van der Waals surface area contributed by atoms with Crippen molar-refractivity contribution < 1.29 is 36.7 Å². The van der Waals surface area contributed by atoms with Crippen molar-refractivity contribution in [3.05, 3.63) is 84.2 Å². The van der Waals surface area contributed by atoms with Gasteiger partial charge in [-0.2, -0.15) is 4.31 Å². The third-order valence-corrected chi connectivity index (χ3v) is 7.73. The van der Waals surface area contributed by atoms with E-state index in [2.05, 4.69) is 5.32 Å². The van der Waals surface area contributed by atoms with E-state index in [1.54, 1.807) is 0 Å². The number of hydrogen-bond donors (Lipinski definition) is 1. The highest BCUT2D eigenvalue weighted by Crippen LogP contribution is 2.32. The Hall–Kier alpha value is -4.42. The first-order valence-electron chi connectivity index (χ1n) is 11.7. The van der Waals surface area contributed by atoms with Gasteiger partial charge in [-0.15, -0.1) is 0 Å². The number of sulfonamides is 1. The zero-order chi connectivity index (χ0) is 28.3. The predicted octanol–water partition coefficient (Wildman–Crippen LogP) is 3.23. The Bertz CT molecular complexity index is 1520. The van der Waals surface area contributed by atoms with Crippen molar-refractivity contribution >= 4 is 45.1 Å². The number of ether oxygens (including phenoxy) is 1. The Labute approximate surface area is 224 Å². The number of carbonyl (C=O) groups excluding carboxylic acids is 4. The highest BCUT2D eigenvalue weighted by Gasteiger charge is 2.47. The Balaban J connectivity index is 1.69. The van der Waals surface area contributed by atoms with E-state index < -0.39 is 46.1 Å². The zero-order valence-electron chi connectivity index (χ0n) is 21.0. The van der Waals surface area contributed by atoms with Crippen molar-refractivity contribution in [1.29, 1.82) is 0 Å². The van der Waals surface area contributed by atoms with E-state index in [1.807, 2.05) is 0 Å². The second kappa shape index (κ2) is 11.1. The molecule has 202 valence electrons. The molecule has 0 saturated carbocycles. The Kier molecular flexibility index (Phi) is 7.88. The molecule has 4 rings (SSSR count). The number of rotatable bonds is 8. The molecule has 3 amide bonds. The molecule has 39 heavy (non-hydrogen) atoms. The van der Waals surface area contributed by atoms with Gasteiger partial charge in [-0.1, -0.05) is 12.1 Å². The number of esters is 1. The van der Waals surface area contributed by atoms with Gasteiger partial charge in [-0.3, -0.25) is 19.2 Å². The number of hydrogen-bond acceptors (Lipinski definition) is 7. The van der Waals surface area contributed by atoms with Crippen LogP contribution in [0.15, 0.2) is 77.7 Å². The maximum atomic E-state index is 13.8. The summed E-state index contributed by atoms with van der Waals surface area (Å²) in [5.74, 6) is -2.56. The van der Waals surface area contributed by atoms with Gasteiger partial charge in [-0.05, 0) is 66.2 Å². The number of benzene rings is 3. The number of carbonyl (C=O) groups is 4. The summed E-state index contributed by atoms with van der Waals surface area (Å²) in [5, 5.41) is 2.55. The number of nitrogens with zero attached hydrogens (tertiary/aromatic N) is 2. The van der Waals surface area contributed by atoms with Crippen molar-refractivity contribution in [1.82, 2.24) is 4.31 Å². The van der Waals surface area contributed by atoms with Crippen molar-refractivity contribution in [2.75, 3.05) is 10.2 Å². The van der Waals surface area contributed by atoms with E-state index >= 15 is 0 Å². The fourth-order valence-corrected chi connectivity index (χ4v) is 5.69. The largest absolute Gasteiger partial charge is 0.427 e. The van der Waals surface area contributed by atoms with Crippen LogP contribution in [0.4, 0.5) is 15.8 Å². The van der Waals surface area contributed by atoms with Crippen LogP contribution in [0.1, 0.15) is 25.8 Å². The summed E-state index contributed by atoms with van der Waals surface area (Å²) in [7, 11) is -4.35. The Morgan fingerprint density at radius 1 is 0.974 bits per heavy atom. The molecule has 1 unspecified atom stereocenters. The average molecular weight is 554 g/mol. The van der Waals surface area contributed by atoms with Gasteiger partial charge in [0, 0.05) is 26.1 Å². The molecule has 0 radical (unpaired) electrons. The number of amides is 3. The van der Waals surface area contributed by atoms with E-state index in [9.17, 15) is 32.0 Å². The number of anilines is 2. The van der Waals surface area contributed by atoms with Crippen LogP contribution in [-0.4, -0.2) is 42.5 Å². The number of halogens is 1. The molecule has 0 aromatic heterocycles. The summed E-state index contributed by atoms with van der Waals surface area (Å²) in [5.41, 5.74) is 0.962. The van der Waals surface area contributed by atoms with Gasteiger partial charge in [0.05, 0.1) is 17.0 Å². The second-order valence-corrected chi connectivity index (χ2v) is 10.6. The molecule has 0 aliphatic carbocycles. The third kappa shape index (κ3) is 6.19. The molecule has 1 N–H and O–H groups in total. The van der Waals surface area contributed by atoms with Crippen molar-refractivity contribution in [3.63, 3.8) is 0 Å². The van der Waals surface area contributed by atoms with E-state index in [0.29, 0.717) is 11.3 Å². The van der Waals surface area contributed by atoms with Crippen LogP contribution in [0.3, 0.4) is 0 Å². The van der Waals surface area contributed by atoms with Gasteiger partial charge in [0.1, 0.15) is 17.6 Å². The molecule has 1 atom stereocenters. The van der Waals surface area contributed by atoms with Crippen LogP contribution >= 0.6 is 0 Å². The molecule has 12 heteroatoms. The highest BCUT2D eigenvalue weighted by molar-refractivity contribution is 7.89. The van der Waals surface area contributed by atoms with Gasteiger partial charge in [-0.25, -0.2) is 17.7 Å². The molecule has 3 aromatic rings.